The number of aromatic hydroxyl groups is 1. The first kappa shape index (κ1) is 16.4. The van der Waals surface area contributed by atoms with E-state index in [9.17, 15) is 14.7 Å². The SMILES string of the molecule is CC1=C(C(=O)Nc2ccc(O)c(C(=O)O)c2)N(c2ccccc2)CO1. The van der Waals surface area contributed by atoms with Crippen LogP contribution in [0.25, 0.3) is 0 Å². The van der Waals surface area contributed by atoms with Crippen molar-refractivity contribution in [1.29, 1.82) is 0 Å². The Kier molecular flexibility index (Phi) is 4.30. The number of allylic oxidation sites excluding steroid dienone is 1. The number of aromatic carboxylic acids is 1. The summed E-state index contributed by atoms with van der Waals surface area (Å²) in [6, 6.07) is 13.2. The molecule has 1 heterocycles. The molecule has 3 rings (SSSR count). The molecule has 1 amide bonds. The number of carbonyl (C=O) groups excluding carboxylic acids is 1. The lowest BCUT2D eigenvalue weighted by atomic mass is 10.1. The fourth-order valence-corrected chi connectivity index (χ4v) is 2.55. The van der Waals surface area contributed by atoms with E-state index in [1.807, 2.05) is 30.3 Å². The van der Waals surface area contributed by atoms with Gasteiger partial charge in [-0.25, -0.2) is 4.79 Å². The van der Waals surface area contributed by atoms with Crippen molar-refractivity contribution in [2.75, 3.05) is 16.9 Å². The molecule has 0 aromatic heterocycles. The van der Waals surface area contributed by atoms with Crippen LogP contribution in [0.2, 0.25) is 0 Å². The van der Waals surface area contributed by atoms with Crippen molar-refractivity contribution in [3.8, 4) is 5.75 Å². The molecule has 2 aromatic rings. The Morgan fingerprint density at radius 2 is 1.88 bits per heavy atom. The molecule has 0 spiro atoms. The lowest BCUT2D eigenvalue weighted by Crippen LogP contribution is -2.28. The van der Waals surface area contributed by atoms with Crippen LogP contribution in [0, 0.1) is 0 Å². The van der Waals surface area contributed by atoms with E-state index in [0.717, 1.165) is 5.69 Å². The van der Waals surface area contributed by atoms with Crippen molar-refractivity contribution in [3.63, 3.8) is 0 Å². The predicted octanol–water partition coefficient (Wildman–Crippen LogP) is 2.75. The van der Waals surface area contributed by atoms with Crippen molar-refractivity contribution < 1.29 is 24.5 Å². The van der Waals surface area contributed by atoms with Crippen LogP contribution in [0.3, 0.4) is 0 Å². The Labute approximate surface area is 143 Å². The second-order valence-electron chi connectivity index (χ2n) is 5.43. The van der Waals surface area contributed by atoms with E-state index in [1.54, 1.807) is 11.8 Å². The van der Waals surface area contributed by atoms with Crippen LogP contribution >= 0.6 is 0 Å². The maximum atomic E-state index is 12.7. The molecule has 7 nitrogen and oxygen atoms in total. The van der Waals surface area contributed by atoms with Crippen molar-refractivity contribution >= 4 is 23.3 Å². The minimum atomic E-state index is -1.28. The first-order valence-electron chi connectivity index (χ1n) is 7.51. The number of hydrogen-bond acceptors (Lipinski definition) is 5. The fraction of sp³-hybridized carbons (Fsp3) is 0.111. The zero-order chi connectivity index (χ0) is 18.0. The summed E-state index contributed by atoms with van der Waals surface area (Å²) in [5, 5.41) is 21.3. The molecular weight excluding hydrogens is 324 g/mol. The number of carboxylic acids is 1. The highest BCUT2D eigenvalue weighted by molar-refractivity contribution is 6.07. The van der Waals surface area contributed by atoms with Crippen molar-refractivity contribution in [3.05, 3.63) is 65.6 Å². The molecular formula is C18H16N2O5. The van der Waals surface area contributed by atoms with E-state index in [0.29, 0.717) is 11.5 Å². The number of carbonyl (C=O) groups is 2. The molecule has 7 heteroatoms. The van der Waals surface area contributed by atoms with Gasteiger partial charge in [-0.15, -0.1) is 0 Å². The van der Waals surface area contributed by atoms with E-state index in [-0.39, 0.29) is 23.7 Å². The minimum absolute atomic E-state index is 0.217. The summed E-state index contributed by atoms with van der Waals surface area (Å²) in [7, 11) is 0. The van der Waals surface area contributed by atoms with E-state index < -0.39 is 11.9 Å². The molecule has 0 aliphatic carbocycles. The fourth-order valence-electron chi connectivity index (χ4n) is 2.55. The van der Waals surface area contributed by atoms with E-state index >= 15 is 0 Å². The summed E-state index contributed by atoms with van der Waals surface area (Å²) in [6.45, 7) is 1.91. The second kappa shape index (κ2) is 6.56. The number of hydrogen-bond donors (Lipinski definition) is 3. The molecule has 0 saturated carbocycles. The van der Waals surface area contributed by atoms with Crippen LogP contribution in [-0.4, -0.2) is 28.8 Å². The van der Waals surface area contributed by atoms with Crippen LogP contribution < -0.4 is 10.2 Å². The number of ether oxygens (including phenoxy) is 1. The van der Waals surface area contributed by atoms with Crippen LogP contribution in [0.15, 0.2) is 60.0 Å². The highest BCUT2D eigenvalue weighted by Crippen LogP contribution is 2.28. The topological polar surface area (TPSA) is 99.1 Å². The quantitative estimate of drug-likeness (QED) is 0.740. The standard InChI is InChI=1S/C18H16N2O5/c1-11-16(20(10-25-11)13-5-3-2-4-6-13)17(22)19-12-7-8-15(21)14(9-12)18(23)24/h2-9,21H,10H2,1H3,(H,19,22)(H,23,24). The van der Waals surface area contributed by atoms with E-state index in [2.05, 4.69) is 5.32 Å². The molecule has 0 bridgehead atoms. The third kappa shape index (κ3) is 3.25. The van der Waals surface area contributed by atoms with Gasteiger partial charge in [0.2, 0.25) is 0 Å². The third-order valence-corrected chi connectivity index (χ3v) is 3.78. The Balaban J connectivity index is 1.86. The van der Waals surface area contributed by atoms with Crippen molar-refractivity contribution in [2.45, 2.75) is 6.92 Å². The predicted molar refractivity (Wildman–Crippen MR) is 91.3 cm³/mol. The average Bonchev–Trinajstić information content (AvgIpc) is 2.99. The van der Waals surface area contributed by atoms with Gasteiger partial charge < -0.3 is 25.2 Å². The first-order chi connectivity index (χ1) is 12.0. The highest BCUT2D eigenvalue weighted by atomic mass is 16.5. The molecule has 1 aliphatic rings. The number of amides is 1. The van der Waals surface area contributed by atoms with Crippen LogP contribution in [0.5, 0.6) is 5.75 Å². The normalized spacial score (nSPS) is 13.6. The largest absolute Gasteiger partial charge is 0.507 e. The maximum Gasteiger partial charge on any atom is 0.339 e. The summed E-state index contributed by atoms with van der Waals surface area (Å²) in [4.78, 5) is 25.5. The maximum absolute atomic E-state index is 12.7. The van der Waals surface area contributed by atoms with Gasteiger partial charge in [-0.1, -0.05) is 18.2 Å². The Hall–Kier alpha value is -3.48. The number of rotatable bonds is 4. The van der Waals surface area contributed by atoms with Crippen LogP contribution in [0.4, 0.5) is 11.4 Å². The van der Waals surface area contributed by atoms with Gasteiger partial charge in [0.05, 0.1) is 0 Å². The third-order valence-electron chi connectivity index (χ3n) is 3.78. The molecule has 0 unspecified atom stereocenters. The smallest absolute Gasteiger partial charge is 0.339 e. The molecule has 128 valence electrons. The minimum Gasteiger partial charge on any atom is -0.507 e. The van der Waals surface area contributed by atoms with Crippen molar-refractivity contribution in [1.82, 2.24) is 0 Å². The molecule has 0 saturated heterocycles. The molecule has 25 heavy (non-hydrogen) atoms. The van der Waals surface area contributed by atoms with Crippen LogP contribution in [-0.2, 0) is 9.53 Å². The average molecular weight is 340 g/mol. The number of benzene rings is 2. The summed E-state index contributed by atoms with van der Waals surface area (Å²) in [5.41, 5.74) is 1.13. The zero-order valence-electron chi connectivity index (χ0n) is 13.4. The second-order valence-corrected chi connectivity index (χ2v) is 5.43. The molecule has 0 atom stereocenters. The molecule has 1 aliphatic heterocycles. The van der Waals surface area contributed by atoms with Gasteiger partial charge in [-0.3, -0.25) is 4.79 Å². The van der Waals surface area contributed by atoms with Gasteiger partial charge in [0.15, 0.2) is 6.73 Å². The summed E-state index contributed by atoms with van der Waals surface area (Å²) < 4.78 is 5.48. The number of para-hydroxylation sites is 1. The highest BCUT2D eigenvalue weighted by Gasteiger charge is 2.28. The van der Waals surface area contributed by atoms with Gasteiger partial charge >= 0.3 is 5.97 Å². The number of phenols is 1. The summed E-state index contributed by atoms with van der Waals surface area (Å²) in [5.74, 6) is -1.60. The van der Waals surface area contributed by atoms with Gasteiger partial charge in [-0.2, -0.15) is 0 Å². The molecule has 3 N–H and O–H groups in total. The summed E-state index contributed by atoms with van der Waals surface area (Å²) >= 11 is 0. The van der Waals surface area contributed by atoms with Gasteiger partial charge in [0.25, 0.3) is 5.91 Å². The molecule has 2 aromatic carbocycles. The lowest BCUT2D eigenvalue weighted by molar-refractivity contribution is -0.112. The van der Waals surface area contributed by atoms with Gasteiger partial charge in [0, 0.05) is 11.4 Å². The Bertz CT molecular complexity index is 861. The zero-order valence-corrected chi connectivity index (χ0v) is 13.4. The monoisotopic (exact) mass is 340 g/mol. The Morgan fingerprint density at radius 3 is 2.56 bits per heavy atom. The Morgan fingerprint density at radius 1 is 1.16 bits per heavy atom. The van der Waals surface area contributed by atoms with Gasteiger partial charge in [0.1, 0.15) is 22.8 Å². The first-order valence-corrected chi connectivity index (χ1v) is 7.51. The van der Waals surface area contributed by atoms with Crippen LogP contribution in [0.1, 0.15) is 17.3 Å². The number of carboxylic acid groups (broad SMARTS) is 1. The molecule has 0 fully saturated rings. The number of anilines is 2. The van der Waals surface area contributed by atoms with E-state index in [4.69, 9.17) is 9.84 Å². The van der Waals surface area contributed by atoms with E-state index in [1.165, 1.54) is 18.2 Å². The van der Waals surface area contributed by atoms with Crippen molar-refractivity contribution in [2.24, 2.45) is 0 Å². The number of nitrogens with one attached hydrogen (secondary N) is 1. The summed E-state index contributed by atoms with van der Waals surface area (Å²) in [6.07, 6.45) is 0. The lowest BCUT2D eigenvalue weighted by Gasteiger charge is -2.19. The van der Waals surface area contributed by atoms with Gasteiger partial charge in [-0.05, 0) is 37.3 Å². The number of nitrogens with zero attached hydrogens (tertiary/aromatic N) is 1. The molecule has 0 radical (unpaired) electrons.